The maximum absolute atomic E-state index is 13.8. The van der Waals surface area contributed by atoms with E-state index >= 15 is 0 Å². The first kappa shape index (κ1) is 28.5. The average Bonchev–Trinajstić information content (AvgIpc) is 3.75. The number of fused-ring (bicyclic) bond motifs is 2. The minimum absolute atomic E-state index is 0.152. The lowest BCUT2D eigenvalue weighted by Gasteiger charge is -2.23. The molecule has 1 amide bonds. The molecule has 2 unspecified atom stereocenters. The van der Waals surface area contributed by atoms with Crippen LogP contribution in [-0.2, 0) is 4.79 Å². The zero-order valence-corrected chi connectivity index (χ0v) is 24.8. The lowest BCUT2D eigenvalue weighted by Crippen LogP contribution is -2.32. The van der Waals surface area contributed by atoms with Gasteiger partial charge in [-0.2, -0.15) is 5.10 Å². The minimum Gasteiger partial charge on any atom is -0.386 e. The fourth-order valence-corrected chi connectivity index (χ4v) is 5.78. The van der Waals surface area contributed by atoms with Gasteiger partial charge in [-0.05, 0) is 55.5 Å². The predicted octanol–water partition coefficient (Wildman–Crippen LogP) is 5.22. The van der Waals surface area contributed by atoms with Gasteiger partial charge in [-0.25, -0.2) is 4.98 Å². The van der Waals surface area contributed by atoms with Gasteiger partial charge in [-0.1, -0.05) is 31.0 Å². The molecular formula is C32H33ClN8O2. The number of allylic oxidation sites excluding steroid dienone is 1. The summed E-state index contributed by atoms with van der Waals surface area (Å²) in [6.07, 6.45) is 12.4. The van der Waals surface area contributed by atoms with Crippen LogP contribution in [-0.4, -0.2) is 43.5 Å². The molecule has 1 fully saturated rings. The maximum Gasteiger partial charge on any atom is 0.254 e. The van der Waals surface area contributed by atoms with Crippen LogP contribution in [0.5, 0.6) is 0 Å². The molecule has 1 saturated carbocycles. The molecule has 11 heteroatoms. The van der Waals surface area contributed by atoms with Gasteiger partial charge in [0.05, 0.1) is 47.4 Å². The Morgan fingerprint density at radius 3 is 2.63 bits per heavy atom. The van der Waals surface area contributed by atoms with Crippen LogP contribution in [0.4, 0.5) is 0 Å². The summed E-state index contributed by atoms with van der Waals surface area (Å²) in [5.74, 6) is -0.428. The Morgan fingerprint density at radius 1 is 1.05 bits per heavy atom. The van der Waals surface area contributed by atoms with Gasteiger partial charge in [-0.15, -0.1) is 0 Å². The number of carbonyl (C=O) groups excluding carboxylic acids is 1. The number of hydrogen-bond donors (Lipinski definition) is 3. The Hall–Kier alpha value is -4.57. The molecule has 0 spiro atoms. The topological polar surface area (TPSA) is 131 Å². The van der Waals surface area contributed by atoms with E-state index in [1.807, 2.05) is 54.3 Å². The smallest absolute Gasteiger partial charge is 0.254 e. The van der Waals surface area contributed by atoms with Crippen molar-refractivity contribution in [3.8, 4) is 22.4 Å². The fourth-order valence-electron chi connectivity index (χ4n) is 5.61. The summed E-state index contributed by atoms with van der Waals surface area (Å²) in [5, 5.41) is 19.0. The number of halogens is 1. The molecule has 10 nitrogen and oxygen atoms in total. The third kappa shape index (κ3) is 5.87. The molecule has 4 aromatic rings. The summed E-state index contributed by atoms with van der Waals surface area (Å²) in [6, 6.07) is 10.9. The number of nitrogens with zero attached hydrogens (tertiary/aromatic N) is 5. The van der Waals surface area contributed by atoms with Crippen LogP contribution in [0.1, 0.15) is 62.4 Å². The molecule has 3 aromatic heterocycles. The number of amides is 1. The maximum atomic E-state index is 13.8. The highest BCUT2D eigenvalue weighted by atomic mass is 35.5. The Balaban J connectivity index is 1.41. The van der Waals surface area contributed by atoms with Crippen molar-refractivity contribution >= 4 is 29.4 Å². The average molecular weight is 597 g/mol. The highest BCUT2D eigenvalue weighted by Gasteiger charge is 2.26. The van der Waals surface area contributed by atoms with Gasteiger partial charge in [0.1, 0.15) is 0 Å². The van der Waals surface area contributed by atoms with Gasteiger partial charge in [-0.3, -0.25) is 23.8 Å². The number of hydrogen-bond acceptors (Lipinski definition) is 7. The second kappa shape index (κ2) is 12.0. The number of pyridine rings is 1. The van der Waals surface area contributed by atoms with E-state index in [9.17, 15) is 9.59 Å². The van der Waals surface area contributed by atoms with Crippen LogP contribution in [0.2, 0.25) is 5.02 Å². The van der Waals surface area contributed by atoms with Crippen molar-refractivity contribution in [1.82, 2.24) is 34.9 Å². The molecule has 4 heterocycles. The molecule has 1 aliphatic carbocycles. The molecule has 1 aromatic carbocycles. The van der Waals surface area contributed by atoms with Crippen molar-refractivity contribution in [3.05, 3.63) is 93.6 Å². The van der Waals surface area contributed by atoms with Crippen LogP contribution in [0.15, 0.2) is 71.8 Å². The molecule has 6 rings (SSSR count). The largest absolute Gasteiger partial charge is 0.386 e. The summed E-state index contributed by atoms with van der Waals surface area (Å²) in [7, 11) is 1.74. The zero-order valence-electron chi connectivity index (χ0n) is 24.0. The van der Waals surface area contributed by atoms with Crippen molar-refractivity contribution < 1.29 is 4.79 Å². The van der Waals surface area contributed by atoms with E-state index in [0.717, 1.165) is 41.3 Å². The molecule has 1 aliphatic heterocycles. The van der Waals surface area contributed by atoms with Crippen molar-refractivity contribution in [2.75, 3.05) is 7.05 Å². The van der Waals surface area contributed by atoms with Gasteiger partial charge in [0, 0.05) is 59.4 Å². The molecule has 2 atom stereocenters. The Morgan fingerprint density at radius 2 is 1.88 bits per heavy atom. The van der Waals surface area contributed by atoms with Crippen LogP contribution >= 0.6 is 11.6 Å². The first-order valence-electron chi connectivity index (χ1n) is 14.5. The van der Waals surface area contributed by atoms with Crippen LogP contribution in [0, 0.1) is 11.3 Å². The van der Waals surface area contributed by atoms with Crippen LogP contribution < -0.4 is 16.2 Å². The summed E-state index contributed by atoms with van der Waals surface area (Å²) in [4.78, 5) is 36.1. The lowest BCUT2D eigenvalue weighted by atomic mass is 9.96. The summed E-state index contributed by atoms with van der Waals surface area (Å²) >= 11 is 6.41. The second-order valence-corrected chi connectivity index (χ2v) is 11.6. The summed E-state index contributed by atoms with van der Waals surface area (Å²) in [5.41, 5.74) is 5.32. The van der Waals surface area contributed by atoms with Crippen LogP contribution in [0.3, 0.4) is 0 Å². The number of nitrogens with one attached hydrogen (secondary N) is 3. The number of rotatable bonds is 6. The van der Waals surface area contributed by atoms with Gasteiger partial charge >= 0.3 is 0 Å². The molecular weight excluding hydrogens is 564 g/mol. The number of aromatic nitrogens is 5. The zero-order chi connectivity index (χ0) is 30.1. The van der Waals surface area contributed by atoms with E-state index in [1.54, 1.807) is 30.2 Å². The minimum atomic E-state index is -0.402. The predicted molar refractivity (Wildman–Crippen MR) is 167 cm³/mol. The summed E-state index contributed by atoms with van der Waals surface area (Å²) in [6.45, 7) is 1.87. The quantitative estimate of drug-likeness (QED) is 0.262. The number of carbonyl (C=O) groups is 1. The molecule has 43 heavy (non-hydrogen) atoms. The van der Waals surface area contributed by atoms with Crippen molar-refractivity contribution in [1.29, 1.82) is 5.41 Å². The van der Waals surface area contributed by atoms with E-state index in [-0.39, 0.29) is 17.4 Å². The second-order valence-electron chi connectivity index (χ2n) is 11.1. The van der Waals surface area contributed by atoms with E-state index in [4.69, 9.17) is 22.0 Å². The standard InChI is InChI=1S/C32H33ClN8O2/c1-19-4-3-5-29(27-12-20(10-11-36-27)31(35-2)28(15-34)39-32(19)43)40-18-37-26(14-30(40)42)25-13-22(33)6-9-24(25)21-16-38-41(17-21)23-7-8-23/h6,9-19,23,29,34-35H,3-5,7-8H2,1-2H3,(H,39,43)/b31-28+,34-15?. The SMILES string of the molecule is CN/C1=C(\C=N)NC(=O)C(C)CCCC(n2cnc(-c3cc(Cl)ccc3-c3cnn(C4CC4)c3)cc2=O)c2cc1ccn2. The molecule has 2 aliphatic rings. The normalized spacial score (nSPS) is 21.0. The highest BCUT2D eigenvalue weighted by molar-refractivity contribution is 6.31. The molecule has 220 valence electrons. The van der Waals surface area contributed by atoms with Crippen molar-refractivity contribution in [3.63, 3.8) is 0 Å². The van der Waals surface area contributed by atoms with E-state index in [0.29, 0.717) is 53.1 Å². The molecule has 0 radical (unpaired) electrons. The van der Waals surface area contributed by atoms with Gasteiger partial charge in [0.2, 0.25) is 5.91 Å². The molecule has 2 bridgehead atoms. The van der Waals surface area contributed by atoms with Crippen molar-refractivity contribution in [2.45, 2.75) is 51.1 Å². The Bertz CT molecular complexity index is 1790. The Kier molecular flexibility index (Phi) is 7.94. The Labute approximate surface area is 254 Å². The third-order valence-electron chi connectivity index (χ3n) is 8.16. The monoisotopic (exact) mass is 596 g/mol. The number of benzene rings is 1. The van der Waals surface area contributed by atoms with E-state index < -0.39 is 6.04 Å². The fraction of sp³-hybridized carbons (Fsp3) is 0.312. The van der Waals surface area contributed by atoms with Crippen LogP contribution in [0.25, 0.3) is 28.1 Å². The molecule has 3 N–H and O–H groups in total. The third-order valence-corrected chi connectivity index (χ3v) is 8.39. The first-order valence-corrected chi connectivity index (χ1v) is 14.9. The van der Waals surface area contributed by atoms with Crippen molar-refractivity contribution in [2.24, 2.45) is 5.92 Å². The molecule has 0 saturated heterocycles. The van der Waals surface area contributed by atoms with Gasteiger partial charge < -0.3 is 16.0 Å². The van der Waals surface area contributed by atoms with E-state index in [2.05, 4.69) is 20.7 Å². The lowest BCUT2D eigenvalue weighted by molar-refractivity contribution is -0.123. The van der Waals surface area contributed by atoms with E-state index in [1.165, 1.54) is 0 Å². The van der Waals surface area contributed by atoms with Gasteiger partial charge in [0.25, 0.3) is 5.56 Å². The summed E-state index contributed by atoms with van der Waals surface area (Å²) < 4.78 is 3.61. The van der Waals surface area contributed by atoms with Gasteiger partial charge in [0.15, 0.2) is 0 Å². The first-order chi connectivity index (χ1) is 20.9. The highest BCUT2D eigenvalue weighted by Crippen LogP contribution is 2.37.